The molecule has 1 aliphatic rings. The van der Waals surface area contributed by atoms with Gasteiger partial charge in [0.15, 0.2) is 11.5 Å². The molecule has 8 nitrogen and oxygen atoms in total. The topological polar surface area (TPSA) is 95.4 Å². The number of hydrogen-bond acceptors (Lipinski definition) is 6. The molecule has 0 saturated carbocycles. The molecule has 1 N–H and O–H groups in total. The molecule has 190 valence electrons. The van der Waals surface area contributed by atoms with Crippen LogP contribution in [0.4, 0.5) is 0 Å². The number of hydrogen-bond donors (Lipinski definition) is 1. The van der Waals surface area contributed by atoms with Crippen LogP contribution in [0.3, 0.4) is 0 Å². The number of ether oxygens (including phenoxy) is 3. The summed E-state index contributed by atoms with van der Waals surface area (Å²) < 4.78 is 18.9. The molecular formula is C30H25N3O5. The van der Waals surface area contributed by atoms with Crippen molar-refractivity contribution in [1.82, 2.24) is 14.5 Å². The van der Waals surface area contributed by atoms with Gasteiger partial charge in [-0.1, -0.05) is 48.5 Å². The zero-order valence-corrected chi connectivity index (χ0v) is 20.6. The summed E-state index contributed by atoms with van der Waals surface area (Å²) in [7, 11) is 0. The summed E-state index contributed by atoms with van der Waals surface area (Å²) in [6.07, 6.45) is 2.42. The van der Waals surface area contributed by atoms with Crippen molar-refractivity contribution in [2.75, 3.05) is 13.2 Å². The fourth-order valence-corrected chi connectivity index (χ4v) is 4.55. The van der Waals surface area contributed by atoms with Gasteiger partial charge in [0.05, 0.1) is 25.1 Å². The molecule has 3 heterocycles. The third-order valence-electron chi connectivity index (χ3n) is 6.45. The van der Waals surface area contributed by atoms with Crippen LogP contribution in [0, 0.1) is 0 Å². The van der Waals surface area contributed by atoms with Gasteiger partial charge in [-0.15, -0.1) is 0 Å². The Bertz CT molecular complexity index is 1710. The SMILES string of the molecule is O=c1[nH]c(=O)n(Cc2ccc3c(c2)OCCCO3)c2nccc(-c3ccc(OCc4ccccc4)cc3)c12. The van der Waals surface area contributed by atoms with E-state index < -0.39 is 11.2 Å². The number of benzene rings is 3. The minimum atomic E-state index is -0.524. The second-order valence-electron chi connectivity index (χ2n) is 9.03. The number of nitrogens with one attached hydrogen (secondary N) is 1. The third kappa shape index (κ3) is 4.76. The van der Waals surface area contributed by atoms with Gasteiger partial charge >= 0.3 is 5.69 Å². The van der Waals surface area contributed by atoms with Gasteiger partial charge in [0.25, 0.3) is 5.56 Å². The zero-order valence-electron chi connectivity index (χ0n) is 20.6. The monoisotopic (exact) mass is 507 g/mol. The van der Waals surface area contributed by atoms with Gasteiger partial charge in [-0.2, -0.15) is 0 Å². The molecule has 0 fully saturated rings. The predicted molar refractivity (Wildman–Crippen MR) is 144 cm³/mol. The number of fused-ring (bicyclic) bond motifs is 2. The Labute approximate surface area is 218 Å². The molecule has 6 rings (SSSR count). The Morgan fingerprint density at radius 3 is 2.47 bits per heavy atom. The number of rotatable bonds is 6. The van der Waals surface area contributed by atoms with Crippen molar-refractivity contribution in [3.8, 4) is 28.4 Å². The van der Waals surface area contributed by atoms with E-state index in [4.69, 9.17) is 14.2 Å². The van der Waals surface area contributed by atoms with Crippen molar-refractivity contribution < 1.29 is 14.2 Å². The molecule has 38 heavy (non-hydrogen) atoms. The number of pyridine rings is 1. The highest BCUT2D eigenvalue weighted by Gasteiger charge is 2.16. The third-order valence-corrected chi connectivity index (χ3v) is 6.45. The van der Waals surface area contributed by atoms with Gasteiger partial charge in [-0.05, 0) is 52.6 Å². The summed E-state index contributed by atoms with van der Waals surface area (Å²) in [6.45, 7) is 1.85. The summed E-state index contributed by atoms with van der Waals surface area (Å²) in [5, 5.41) is 0.347. The highest BCUT2D eigenvalue weighted by molar-refractivity contribution is 5.92. The molecular weight excluding hydrogens is 482 g/mol. The molecule has 0 amide bonds. The molecule has 0 bridgehead atoms. The average molecular weight is 508 g/mol. The van der Waals surface area contributed by atoms with Crippen molar-refractivity contribution in [3.05, 3.63) is 117 Å². The van der Waals surface area contributed by atoms with Gasteiger partial charge in [0.1, 0.15) is 18.0 Å². The van der Waals surface area contributed by atoms with E-state index in [9.17, 15) is 9.59 Å². The highest BCUT2D eigenvalue weighted by Crippen LogP contribution is 2.31. The predicted octanol–water partition coefficient (Wildman–Crippen LogP) is 4.54. The first-order valence-electron chi connectivity index (χ1n) is 12.4. The average Bonchev–Trinajstić information content (AvgIpc) is 3.20. The second-order valence-corrected chi connectivity index (χ2v) is 9.03. The van der Waals surface area contributed by atoms with E-state index in [1.165, 1.54) is 4.57 Å². The van der Waals surface area contributed by atoms with Crippen molar-refractivity contribution in [3.63, 3.8) is 0 Å². The molecule has 5 aromatic rings. The van der Waals surface area contributed by atoms with Gasteiger partial charge < -0.3 is 14.2 Å². The maximum absolute atomic E-state index is 13.0. The Balaban J connectivity index is 1.33. The van der Waals surface area contributed by atoms with Crippen LogP contribution in [0.15, 0.2) is 94.6 Å². The molecule has 2 aromatic heterocycles. The Hall–Kier alpha value is -4.85. The normalized spacial score (nSPS) is 12.7. The Morgan fingerprint density at radius 1 is 0.868 bits per heavy atom. The van der Waals surface area contributed by atoms with E-state index >= 15 is 0 Å². The van der Waals surface area contributed by atoms with Crippen LogP contribution < -0.4 is 25.5 Å². The van der Waals surface area contributed by atoms with E-state index in [2.05, 4.69) is 9.97 Å². The quantitative estimate of drug-likeness (QED) is 0.363. The van der Waals surface area contributed by atoms with Crippen LogP contribution in [-0.2, 0) is 13.2 Å². The Morgan fingerprint density at radius 2 is 1.66 bits per heavy atom. The van der Waals surface area contributed by atoms with Crippen LogP contribution >= 0.6 is 0 Å². The molecule has 8 heteroatoms. The molecule has 0 aliphatic carbocycles. The number of aromatic amines is 1. The van der Waals surface area contributed by atoms with Crippen LogP contribution in [-0.4, -0.2) is 27.7 Å². The molecule has 0 atom stereocenters. The van der Waals surface area contributed by atoms with Crippen molar-refractivity contribution in [2.45, 2.75) is 19.6 Å². The lowest BCUT2D eigenvalue weighted by molar-refractivity contribution is 0.297. The lowest BCUT2D eigenvalue weighted by Gasteiger charge is -2.13. The summed E-state index contributed by atoms with van der Waals surface area (Å²) >= 11 is 0. The Kier molecular flexibility index (Phi) is 6.35. The van der Waals surface area contributed by atoms with E-state index in [0.29, 0.717) is 47.9 Å². The molecule has 1 aliphatic heterocycles. The molecule has 0 unspecified atom stereocenters. The van der Waals surface area contributed by atoms with Crippen LogP contribution in [0.2, 0.25) is 0 Å². The van der Waals surface area contributed by atoms with Crippen molar-refractivity contribution in [1.29, 1.82) is 0 Å². The van der Waals surface area contributed by atoms with E-state index in [-0.39, 0.29) is 6.54 Å². The zero-order chi connectivity index (χ0) is 25.9. The van der Waals surface area contributed by atoms with Crippen molar-refractivity contribution in [2.24, 2.45) is 0 Å². The maximum atomic E-state index is 13.0. The summed E-state index contributed by atoms with van der Waals surface area (Å²) in [6, 6.07) is 24.8. The largest absolute Gasteiger partial charge is 0.490 e. The minimum Gasteiger partial charge on any atom is -0.490 e. The van der Waals surface area contributed by atoms with Gasteiger partial charge in [0, 0.05) is 12.6 Å². The van der Waals surface area contributed by atoms with E-state index in [1.807, 2.05) is 72.8 Å². The summed E-state index contributed by atoms with van der Waals surface area (Å²) in [4.78, 5) is 32.8. The van der Waals surface area contributed by atoms with Gasteiger partial charge in [-0.3, -0.25) is 14.3 Å². The molecule has 3 aromatic carbocycles. The van der Waals surface area contributed by atoms with Gasteiger partial charge in [0.2, 0.25) is 0 Å². The first-order chi connectivity index (χ1) is 18.7. The lowest BCUT2D eigenvalue weighted by atomic mass is 10.0. The van der Waals surface area contributed by atoms with Crippen molar-refractivity contribution >= 4 is 11.0 Å². The summed E-state index contributed by atoms with van der Waals surface area (Å²) in [5.41, 5.74) is 2.71. The highest BCUT2D eigenvalue weighted by atomic mass is 16.5. The second kappa shape index (κ2) is 10.3. The maximum Gasteiger partial charge on any atom is 0.330 e. The first kappa shape index (κ1) is 23.5. The molecule has 0 radical (unpaired) electrons. The van der Waals surface area contributed by atoms with Crippen LogP contribution in [0.5, 0.6) is 17.2 Å². The molecule has 0 saturated heterocycles. The fraction of sp³-hybridized carbons (Fsp3) is 0.167. The van der Waals surface area contributed by atoms with E-state index in [1.54, 1.807) is 12.3 Å². The van der Waals surface area contributed by atoms with Crippen LogP contribution in [0.25, 0.3) is 22.2 Å². The summed E-state index contributed by atoms with van der Waals surface area (Å²) in [5.74, 6) is 2.04. The number of aromatic nitrogens is 3. The first-order valence-corrected chi connectivity index (χ1v) is 12.4. The standard InChI is InChI=1S/C30H25N3O5/c34-29-27-24(22-8-10-23(11-9-22)38-19-20-5-2-1-3-6-20)13-14-31-28(27)33(30(35)32-29)18-21-7-12-25-26(17-21)37-16-4-15-36-25/h1-3,5-14,17H,4,15-16,18-19H2,(H,32,34,35). The van der Waals surface area contributed by atoms with Crippen LogP contribution in [0.1, 0.15) is 17.5 Å². The lowest BCUT2D eigenvalue weighted by Crippen LogP contribution is -2.31. The van der Waals surface area contributed by atoms with Gasteiger partial charge in [-0.25, -0.2) is 9.78 Å². The minimum absolute atomic E-state index is 0.214. The smallest absolute Gasteiger partial charge is 0.330 e. The number of H-pyrrole nitrogens is 1. The number of nitrogens with zero attached hydrogens (tertiary/aromatic N) is 2. The molecule has 0 spiro atoms. The van der Waals surface area contributed by atoms with E-state index in [0.717, 1.165) is 28.9 Å². The fourth-order valence-electron chi connectivity index (χ4n) is 4.55.